The van der Waals surface area contributed by atoms with Crippen LogP contribution < -0.4 is 10.9 Å². The number of aliphatic hydroxyl groups excluding tert-OH is 1. The molecule has 0 saturated carbocycles. The third-order valence-corrected chi connectivity index (χ3v) is 3.50. The fourth-order valence-corrected chi connectivity index (χ4v) is 2.14. The number of nitrogens with zero attached hydrogens (tertiary/aromatic N) is 2. The van der Waals surface area contributed by atoms with Crippen molar-refractivity contribution in [1.82, 2.24) is 9.78 Å². The molecule has 1 aromatic rings. The van der Waals surface area contributed by atoms with Gasteiger partial charge in [0.1, 0.15) is 4.47 Å². The summed E-state index contributed by atoms with van der Waals surface area (Å²) < 4.78 is 1.94. The van der Waals surface area contributed by atoms with Gasteiger partial charge in [-0.2, -0.15) is 5.10 Å². The molecule has 0 saturated heterocycles. The number of aliphatic hydroxyl groups is 1. The normalized spacial score (nSPS) is 11.9. The first-order valence-corrected chi connectivity index (χ1v) is 7.21. The summed E-state index contributed by atoms with van der Waals surface area (Å²) in [7, 11) is 0. The molecule has 0 unspecified atom stereocenters. The average Bonchev–Trinajstić information content (AvgIpc) is 2.28. The summed E-state index contributed by atoms with van der Waals surface area (Å²) in [5.74, 6) is 0.363. The number of hydrogen-bond donors (Lipinski definition) is 2. The number of hydrogen-bond acceptors (Lipinski definition) is 4. The second kappa shape index (κ2) is 6.52. The highest BCUT2D eigenvalue weighted by Crippen LogP contribution is 2.22. The van der Waals surface area contributed by atoms with E-state index in [1.165, 1.54) is 4.68 Å². The van der Waals surface area contributed by atoms with E-state index in [9.17, 15) is 4.79 Å². The summed E-state index contributed by atoms with van der Waals surface area (Å²) >= 11 is 3.33. The Morgan fingerprint density at radius 1 is 1.53 bits per heavy atom. The molecule has 0 aliphatic heterocycles. The van der Waals surface area contributed by atoms with Gasteiger partial charge < -0.3 is 10.4 Å². The van der Waals surface area contributed by atoms with Crippen LogP contribution in [-0.2, 0) is 6.54 Å². The van der Waals surface area contributed by atoms with Crippen LogP contribution in [0.3, 0.4) is 0 Å². The van der Waals surface area contributed by atoms with Crippen LogP contribution in [0.5, 0.6) is 0 Å². The first-order valence-electron chi connectivity index (χ1n) is 6.41. The Balaban J connectivity index is 3.00. The number of aromatic nitrogens is 2. The Labute approximate surface area is 122 Å². The molecule has 0 aliphatic carbocycles. The fraction of sp³-hybridized carbons (Fsp3) is 0.692. The molecular formula is C13H22BrN3O2. The van der Waals surface area contributed by atoms with Gasteiger partial charge in [0.25, 0.3) is 5.56 Å². The minimum atomic E-state index is -0.296. The SMILES string of the molecule is CC(C)Cn1ncc(NC(C)(C)CCO)c(Br)c1=O. The molecule has 108 valence electrons. The van der Waals surface area contributed by atoms with Gasteiger partial charge in [-0.05, 0) is 42.1 Å². The molecule has 0 aromatic carbocycles. The lowest BCUT2D eigenvalue weighted by Crippen LogP contribution is -2.34. The van der Waals surface area contributed by atoms with Gasteiger partial charge in [0, 0.05) is 18.7 Å². The molecule has 2 N–H and O–H groups in total. The van der Waals surface area contributed by atoms with Gasteiger partial charge >= 0.3 is 0 Å². The molecule has 1 heterocycles. The van der Waals surface area contributed by atoms with E-state index >= 15 is 0 Å². The molecule has 0 aliphatic rings. The zero-order valence-electron chi connectivity index (χ0n) is 11.9. The summed E-state index contributed by atoms with van der Waals surface area (Å²) in [6.45, 7) is 8.70. The van der Waals surface area contributed by atoms with Crippen LogP contribution in [0.2, 0.25) is 0 Å². The maximum absolute atomic E-state index is 12.1. The Kier molecular flexibility index (Phi) is 5.55. The van der Waals surface area contributed by atoms with E-state index in [2.05, 4.69) is 26.3 Å². The molecule has 0 amide bonds. The second-order valence-electron chi connectivity index (χ2n) is 5.74. The molecule has 5 nitrogen and oxygen atoms in total. The Morgan fingerprint density at radius 2 is 2.16 bits per heavy atom. The van der Waals surface area contributed by atoms with E-state index in [1.54, 1.807) is 6.20 Å². The van der Waals surface area contributed by atoms with Crippen molar-refractivity contribution in [2.45, 2.75) is 46.2 Å². The van der Waals surface area contributed by atoms with Gasteiger partial charge in [-0.25, -0.2) is 4.68 Å². The van der Waals surface area contributed by atoms with E-state index < -0.39 is 0 Å². The van der Waals surface area contributed by atoms with E-state index in [0.717, 1.165) is 0 Å². The van der Waals surface area contributed by atoms with Gasteiger partial charge in [-0.1, -0.05) is 13.8 Å². The molecule has 19 heavy (non-hydrogen) atoms. The zero-order chi connectivity index (χ0) is 14.6. The van der Waals surface area contributed by atoms with Crippen molar-refractivity contribution in [2.24, 2.45) is 5.92 Å². The van der Waals surface area contributed by atoms with E-state index in [4.69, 9.17) is 5.11 Å². The van der Waals surface area contributed by atoms with Crippen LogP contribution in [0, 0.1) is 5.92 Å². The average molecular weight is 332 g/mol. The van der Waals surface area contributed by atoms with E-state index in [-0.39, 0.29) is 17.7 Å². The standard InChI is InChI=1S/C13H22BrN3O2/c1-9(2)8-17-12(19)11(14)10(7-15-17)16-13(3,4)5-6-18/h7,9,16,18H,5-6,8H2,1-4H3. The fourth-order valence-electron chi connectivity index (χ4n) is 1.73. The highest BCUT2D eigenvalue weighted by molar-refractivity contribution is 9.10. The van der Waals surface area contributed by atoms with Gasteiger partial charge in [0.15, 0.2) is 0 Å². The summed E-state index contributed by atoms with van der Waals surface area (Å²) in [5.41, 5.74) is 0.220. The summed E-state index contributed by atoms with van der Waals surface area (Å²) in [6, 6.07) is 0. The van der Waals surface area contributed by atoms with Crippen LogP contribution in [0.15, 0.2) is 15.5 Å². The summed E-state index contributed by atoms with van der Waals surface area (Å²) in [4.78, 5) is 12.1. The predicted molar refractivity (Wildman–Crippen MR) is 80.4 cm³/mol. The minimum Gasteiger partial charge on any atom is -0.396 e. The lowest BCUT2D eigenvalue weighted by atomic mass is 10.0. The lowest BCUT2D eigenvalue weighted by Gasteiger charge is -2.27. The number of halogens is 1. The van der Waals surface area contributed by atoms with Gasteiger partial charge in [-0.15, -0.1) is 0 Å². The summed E-state index contributed by atoms with van der Waals surface area (Å²) in [6.07, 6.45) is 2.24. The topological polar surface area (TPSA) is 67.2 Å². The summed E-state index contributed by atoms with van der Waals surface area (Å²) in [5, 5.41) is 16.4. The number of nitrogens with one attached hydrogen (secondary N) is 1. The van der Waals surface area contributed by atoms with Crippen LogP contribution in [0.25, 0.3) is 0 Å². The van der Waals surface area contributed by atoms with Crippen LogP contribution in [0.4, 0.5) is 5.69 Å². The van der Waals surface area contributed by atoms with E-state index in [1.807, 2.05) is 27.7 Å². The van der Waals surface area contributed by atoms with Gasteiger partial charge in [0.05, 0.1) is 11.9 Å². The van der Waals surface area contributed by atoms with Crippen molar-refractivity contribution in [3.8, 4) is 0 Å². The molecule has 6 heteroatoms. The van der Waals surface area contributed by atoms with E-state index in [0.29, 0.717) is 29.0 Å². The Hall–Kier alpha value is -0.880. The smallest absolute Gasteiger partial charge is 0.283 e. The molecule has 0 spiro atoms. The second-order valence-corrected chi connectivity index (χ2v) is 6.53. The van der Waals surface area contributed by atoms with Crippen molar-refractivity contribution in [2.75, 3.05) is 11.9 Å². The predicted octanol–water partition coefficient (Wildman–Crippen LogP) is 2.23. The minimum absolute atomic E-state index is 0.0927. The van der Waals surface area contributed by atoms with Crippen molar-refractivity contribution in [3.63, 3.8) is 0 Å². The number of anilines is 1. The van der Waals surface area contributed by atoms with Crippen molar-refractivity contribution in [1.29, 1.82) is 0 Å². The quantitative estimate of drug-likeness (QED) is 0.838. The Morgan fingerprint density at radius 3 is 2.68 bits per heavy atom. The van der Waals surface area contributed by atoms with Crippen molar-refractivity contribution >= 4 is 21.6 Å². The molecule has 0 bridgehead atoms. The Bertz CT molecular complexity index is 483. The first kappa shape index (κ1) is 16.2. The van der Waals surface area contributed by atoms with Crippen molar-refractivity contribution < 1.29 is 5.11 Å². The number of rotatable bonds is 6. The molecular weight excluding hydrogens is 310 g/mol. The zero-order valence-corrected chi connectivity index (χ0v) is 13.5. The lowest BCUT2D eigenvalue weighted by molar-refractivity contribution is 0.260. The van der Waals surface area contributed by atoms with Gasteiger partial charge in [0.2, 0.25) is 0 Å². The molecule has 0 atom stereocenters. The molecule has 1 rings (SSSR count). The monoisotopic (exact) mass is 331 g/mol. The maximum atomic E-state index is 12.1. The van der Waals surface area contributed by atoms with Crippen LogP contribution in [-0.4, -0.2) is 27.0 Å². The molecule has 0 fully saturated rings. The first-order chi connectivity index (χ1) is 8.76. The highest BCUT2D eigenvalue weighted by atomic mass is 79.9. The van der Waals surface area contributed by atoms with Crippen LogP contribution in [0.1, 0.15) is 34.1 Å². The molecule has 0 radical (unpaired) electrons. The van der Waals surface area contributed by atoms with Crippen molar-refractivity contribution in [3.05, 3.63) is 21.0 Å². The third kappa shape index (κ3) is 4.62. The largest absolute Gasteiger partial charge is 0.396 e. The maximum Gasteiger partial charge on any atom is 0.283 e. The van der Waals surface area contributed by atoms with Crippen LogP contribution >= 0.6 is 15.9 Å². The van der Waals surface area contributed by atoms with Gasteiger partial charge in [-0.3, -0.25) is 4.79 Å². The highest BCUT2D eigenvalue weighted by Gasteiger charge is 2.19. The molecule has 1 aromatic heterocycles. The third-order valence-electron chi connectivity index (χ3n) is 2.73.